The van der Waals surface area contributed by atoms with Crippen molar-refractivity contribution in [3.8, 4) is 11.8 Å². The van der Waals surface area contributed by atoms with Crippen molar-refractivity contribution in [2.75, 3.05) is 5.32 Å². The van der Waals surface area contributed by atoms with E-state index in [2.05, 4.69) is 25.2 Å². The number of nitriles is 1. The molecule has 4 aromatic rings. The lowest BCUT2D eigenvalue weighted by molar-refractivity contribution is -0.115. The molecular weight excluding hydrogens is 464 g/mol. The molecule has 8 heteroatoms. The van der Waals surface area contributed by atoms with Crippen LogP contribution in [0.1, 0.15) is 44.2 Å². The summed E-state index contributed by atoms with van der Waals surface area (Å²) in [4.78, 5) is 31.1. The van der Waals surface area contributed by atoms with E-state index in [0.29, 0.717) is 38.2 Å². The summed E-state index contributed by atoms with van der Waals surface area (Å²) in [6, 6.07) is 18.9. The van der Waals surface area contributed by atoms with Crippen molar-refractivity contribution in [1.82, 2.24) is 9.55 Å². The number of fused-ring (bicyclic) bond motifs is 1. The third-order valence-electron chi connectivity index (χ3n) is 5.75. The fourth-order valence-corrected chi connectivity index (χ4v) is 5.19. The smallest absolute Gasteiger partial charge is 0.266 e. The van der Waals surface area contributed by atoms with Gasteiger partial charge in [-0.05, 0) is 60.5 Å². The van der Waals surface area contributed by atoms with Crippen LogP contribution in [-0.4, -0.2) is 20.7 Å². The molecule has 4 rings (SSSR count). The summed E-state index contributed by atoms with van der Waals surface area (Å²) in [6.45, 7) is 6.08. The summed E-state index contributed by atoms with van der Waals surface area (Å²) in [5.74, 6) is 0.165. The average molecular weight is 489 g/mol. The Hall–Kier alpha value is -3.41. The fourth-order valence-electron chi connectivity index (χ4n) is 3.53. The SMILES string of the molecule is CCC(C)c1ccc(-n2c(SC(C)C(=O)Nc3sccc3C#N)nc3ccccc3c2=O)cc1. The maximum Gasteiger partial charge on any atom is 0.266 e. The molecule has 2 aromatic carbocycles. The second-order valence-electron chi connectivity index (χ2n) is 7.98. The standard InChI is InChI=1S/C26H24N4O2S2/c1-4-16(2)18-9-11-20(12-10-18)30-25(32)21-7-5-6-8-22(21)28-26(30)34-17(3)23(31)29-24-19(15-27)13-14-33-24/h5-14,16-17H,4H2,1-3H3,(H,29,31). The lowest BCUT2D eigenvalue weighted by Crippen LogP contribution is -2.26. The molecule has 0 aliphatic carbocycles. The molecule has 2 aromatic heterocycles. The van der Waals surface area contributed by atoms with Crippen LogP contribution in [0.3, 0.4) is 0 Å². The molecule has 0 saturated heterocycles. The number of rotatable bonds is 7. The van der Waals surface area contributed by atoms with E-state index in [1.807, 2.05) is 36.4 Å². The molecule has 1 amide bonds. The van der Waals surface area contributed by atoms with Gasteiger partial charge in [0, 0.05) is 0 Å². The summed E-state index contributed by atoms with van der Waals surface area (Å²) in [7, 11) is 0. The Morgan fingerprint density at radius 3 is 2.62 bits per heavy atom. The Kier molecular flexibility index (Phi) is 7.15. The number of hydrogen-bond acceptors (Lipinski definition) is 6. The van der Waals surface area contributed by atoms with Gasteiger partial charge in [-0.25, -0.2) is 4.98 Å². The van der Waals surface area contributed by atoms with Gasteiger partial charge in [0.2, 0.25) is 5.91 Å². The van der Waals surface area contributed by atoms with Crippen LogP contribution in [0.2, 0.25) is 0 Å². The molecule has 6 nitrogen and oxygen atoms in total. The Balaban J connectivity index is 1.72. The van der Waals surface area contributed by atoms with E-state index in [-0.39, 0.29) is 11.5 Å². The Morgan fingerprint density at radius 2 is 1.91 bits per heavy atom. The number of thiophene rings is 1. The summed E-state index contributed by atoms with van der Waals surface area (Å²) >= 11 is 2.52. The molecule has 2 heterocycles. The fraction of sp³-hybridized carbons (Fsp3) is 0.231. The number of amides is 1. The van der Waals surface area contributed by atoms with E-state index >= 15 is 0 Å². The number of para-hydroxylation sites is 1. The molecule has 2 atom stereocenters. The number of thioether (sulfide) groups is 1. The molecule has 0 spiro atoms. The molecule has 0 fully saturated rings. The highest BCUT2D eigenvalue weighted by Gasteiger charge is 2.21. The van der Waals surface area contributed by atoms with Gasteiger partial charge in [0.1, 0.15) is 11.1 Å². The zero-order valence-electron chi connectivity index (χ0n) is 19.1. The van der Waals surface area contributed by atoms with E-state index in [1.54, 1.807) is 35.1 Å². The largest absolute Gasteiger partial charge is 0.316 e. The maximum absolute atomic E-state index is 13.5. The van der Waals surface area contributed by atoms with Crippen LogP contribution in [-0.2, 0) is 4.79 Å². The highest BCUT2D eigenvalue weighted by molar-refractivity contribution is 8.00. The van der Waals surface area contributed by atoms with E-state index in [4.69, 9.17) is 4.98 Å². The minimum absolute atomic E-state index is 0.179. The first-order valence-corrected chi connectivity index (χ1v) is 12.8. The Morgan fingerprint density at radius 1 is 1.18 bits per heavy atom. The van der Waals surface area contributed by atoms with E-state index in [9.17, 15) is 14.9 Å². The molecule has 172 valence electrons. The molecule has 0 saturated carbocycles. The zero-order chi connectivity index (χ0) is 24.2. The first-order valence-electron chi connectivity index (χ1n) is 11.0. The molecule has 1 N–H and O–H groups in total. The molecule has 0 radical (unpaired) electrons. The molecule has 34 heavy (non-hydrogen) atoms. The molecular formula is C26H24N4O2S2. The Bertz CT molecular complexity index is 1430. The second-order valence-corrected chi connectivity index (χ2v) is 10.2. The quantitative estimate of drug-likeness (QED) is 0.256. The number of aromatic nitrogens is 2. The highest BCUT2D eigenvalue weighted by atomic mass is 32.2. The first-order chi connectivity index (χ1) is 16.4. The molecule has 0 aliphatic rings. The van der Waals surface area contributed by atoms with Crippen LogP contribution in [0.25, 0.3) is 16.6 Å². The summed E-state index contributed by atoms with van der Waals surface area (Å²) in [5.41, 5.74) is 2.74. The van der Waals surface area contributed by atoms with Gasteiger partial charge >= 0.3 is 0 Å². The van der Waals surface area contributed by atoms with Gasteiger partial charge in [0.05, 0.1) is 27.4 Å². The van der Waals surface area contributed by atoms with Gasteiger partial charge in [0.15, 0.2) is 5.16 Å². The van der Waals surface area contributed by atoms with Crippen LogP contribution < -0.4 is 10.9 Å². The lowest BCUT2D eigenvalue weighted by Gasteiger charge is -2.17. The van der Waals surface area contributed by atoms with Crippen LogP contribution in [0.4, 0.5) is 5.00 Å². The topological polar surface area (TPSA) is 87.8 Å². The number of carbonyl (C=O) groups excluding carboxylic acids is 1. The van der Waals surface area contributed by atoms with E-state index in [1.165, 1.54) is 28.7 Å². The maximum atomic E-state index is 13.5. The number of benzene rings is 2. The van der Waals surface area contributed by atoms with Crippen molar-refractivity contribution in [3.63, 3.8) is 0 Å². The van der Waals surface area contributed by atoms with Crippen LogP contribution in [0.5, 0.6) is 0 Å². The normalized spacial score (nSPS) is 12.8. The third-order valence-corrected chi connectivity index (χ3v) is 7.63. The van der Waals surface area contributed by atoms with Gasteiger partial charge < -0.3 is 5.32 Å². The van der Waals surface area contributed by atoms with Crippen LogP contribution >= 0.6 is 23.1 Å². The predicted molar refractivity (Wildman–Crippen MR) is 139 cm³/mol. The highest BCUT2D eigenvalue weighted by Crippen LogP contribution is 2.28. The molecule has 0 aliphatic heterocycles. The molecule has 2 unspecified atom stereocenters. The van der Waals surface area contributed by atoms with Crippen molar-refractivity contribution in [2.45, 2.75) is 43.5 Å². The number of nitrogens with one attached hydrogen (secondary N) is 1. The van der Waals surface area contributed by atoms with E-state index < -0.39 is 5.25 Å². The summed E-state index contributed by atoms with van der Waals surface area (Å²) in [5, 5.41) is 14.7. The van der Waals surface area contributed by atoms with Crippen molar-refractivity contribution in [2.24, 2.45) is 0 Å². The van der Waals surface area contributed by atoms with Crippen LogP contribution in [0.15, 0.2) is 69.9 Å². The first kappa shape index (κ1) is 23.7. The number of hydrogen-bond donors (Lipinski definition) is 1. The van der Waals surface area contributed by atoms with Gasteiger partial charge in [-0.15, -0.1) is 11.3 Å². The zero-order valence-corrected chi connectivity index (χ0v) is 20.7. The van der Waals surface area contributed by atoms with Gasteiger partial charge in [-0.1, -0.05) is 49.9 Å². The van der Waals surface area contributed by atoms with Crippen molar-refractivity contribution < 1.29 is 4.79 Å². The Labute approximate surface area is 206 Å². The van der Waals surface area contributed by atoms with Crippen molar-refractivity contribution in [1.29, 1.82) is 5.26 Å². The predicted octanol–water partition coefficient (Wildman–Crippen LogP) is 5.95. The lowest BCUT2D eigenvalue weighted by atomic mass is 9.98. The van der Waals surface area contributed by atoms with Crippen LogP contribution in [0, 0.1) is 11.3 Å². The third kappa shape index (κ3) is 4.76. The van der Waals surface area contributed by atoms with Gasteiger partial charge in [-0.3, -0.25) is 14.2 Å². The number of carbonyl (C=O) groups is 1. The number of nitrogens with zero attached hydrogens (tertiary/aromatic N) is 3. The summed E-state index contributed by atoms with van der Waals surface area (Å²) < 4.78 is 1.57. The minimum Gasteiger partial charge on any atom is -0.316 e. The average Bonchev–Trinajstić information content (AvgIpc) is 3.31. The minimum atomic E-state index is -0.549. The second kappa shape index (κ2) is 10.2. The van der Waals surface area contributed by atoms with Gasteiger partial charge in [0.25, 0.3) is 5.56 Å². The van der Waals surface area contributed by atoms with E-state index in [0.717, 1.165) is 6.42 Å². The monoisotopic (exact) mass is 488 g/mol. The number of anilines is 1. The summed E-state index contributed by atoms with van der Waals surface area (Å²) in [6.07, 6.45) is 1.03. The molecule has 0 bridgehead atoms. The van der Waals surface area contributed by atoms with Crippen molar-refractivity contribution in [3.05, 3.63) is 81.5 Å². The van der Waals surface area contributed by atoms with Gasteiger partial charge in [-0.2, -0.15) is 5.26 Å². The van der Waals surface area contributed by atoms with Crippen molar-refractivity contribution >= 4 is 44.9 Å².